The van der Waals surface area contributed by atoms with Crippen molar-refractivity contribution in [3.63, 3.8) is 0 Å². The summed E-state index contributed by atoms with van der Waals surface area (Å²) in [4.78, 5) is 0. The lowest BCUT2D eigenvalue weighted by Crippen LogP contribution is -2.35. The fraction of sp³-hybridized carbons (Fsp3) is 0.625. The Kier molecular flexibility index (Phi) is 5.82. The molecule has 0 aliphatic carbocycles. The van der Waals surface area contributed by atoms with Gasteiger partial charge in [-0.1, -0.05) is 45.4 Å². The van der Waals surface area contributed by atoms with Gasteiger partial charge in [-0.25, -0.2) is 4.39 Å². The van der Waals surface area contributed by atoms with Crippen LogP contribution >= 0.6 is 11.6 Å². The quantitative estimate of drug-likeness (QED) is 0.793. The fourth-order valence-electron chi connectivity index (χ4n) is 2.77. The van der Waals surface area contributed by atoms with Crippen LogP contribution in [0.3, 0.4) is 0 Å². The first-order valence-corrected chi connectivity index (χ1v) is 7.26. The summed E-state index contributed by atoms with van der Waals surface area (Å²) in [6.45, 7) is 8.29. The smallest absolute Gasteiger partial charge is 0.127 e. The molecule has 108 valence electrons. The van der Waals surface area contributed by atoms with Crippen LogP contribution in [0.15, 0.2) is 18.2 Å². The minimum Gasteiger partial charge on any atom is -0.390 e. The largest absolute Gasteiger partial charge is 0.390 e. The summed E-state index contributed by atoms with van der Waals surface area (Å²) in [5, 5.41) is 11.2. The van der Waals surface area contributed by atoms with Gasteiger partial charge in [-0.15, -0.1) is 0 Å². The third kappa shape index (κ3) is 5.50. The van der Waals surface area contributed by atoms with E-state index in [0.717, 1.165) is 0 Å². The molecular formula is C16H24ClFO. The van der Waals surface area contributed by atoms with E-state index < -0.39 is 5.60 Å². The van der Waals surface area contributed by atoms with Gasteiger partial charge in [0.1, 0.15) is 5.82 Å². The molecule has 3 heteroatoms. The van der Waals surface area contributed by atoms with Crippen molar-refractivity contribution in [1.29, 1.82) is 0 Å². The number of halogens is 2. The number of benzene rings is 1. The second kappa shape index (κ2) is 6.71. The Labute approximate surface area is 120 Å². The monoisotopic (exact) mass is 286 g/mol. The van der Waals surface area contributed by atoms with E-state index in [9.17, 15) is 9.50 Å². The molecule has 0 fully saturated rings. The van der Waals surface area contributed by atoms with Crippen LogP contribution in [0.4, 0.5) is 4.39 Å². The molecule has 0 spiro atoms. The Bertz CT molecular complexity index is 405. The van der Waals surface area contributed by atoms with Crippen LogP contribution in [0.5, 0.6) is 0 Å². The lowest BCUT2D eigenvalue weighted by Gasteiger charge is -2.32. The average molecular weight is 287 g/mol. The first kappa shape index (κ1) is 16.5. The van der Waals surface area contributed by atoms with E-state index in [1.54, 1.807) is 12.1 Å². The van der Waals surface area contributed by atoms with Gasteiger partial charge >= 0.3 is 0 Å². The van der Waals surface area contributed by atoms with E-state index in [-0.39, 0.29) is 5.82 Å². The van der Waals surface area contributed by atoms with Crippen LogP contribution in [-0.4, -0.2) is 10.7 Å². The van der Waals surface area contributed by atoms with Crippen LogP contribution in [-0.2, 0) is 6.42 Å². The maximum atomic E-state index is 13.9. The lowest BCUT2D eigenvalue weighted by atomic mass is 9.80. The van der Waals surface area contributed by atoms with Crippen LogP contribution < -0.4 is 0 Å². The van der Waals surface area contributed by atoms with Crippen molar-refractivity contribution >= 4 is 11.6 Å². The molecule has 0 aliphatic rings. The summed E-state index contributed by atoms with van der Waals surface area (Å²) in [7, 11) is 0. The van der Waals surface area contributed by atoms with Crippen molar-refractivity contribution in [1.82, 2.24) is 0 Å². The summed E-state index contributed by atoms with van der Waals surface area (Å²) in [6, 6.07) is 4.65. The molecule has 1 aromatic carbocycles. The molecule has 19 heavy (non-hydrogen) atoms. The summed E-state index contributed by atoms with van der Waals surface area (Å²) >= 11 is 5.75. The highest BCUT2D eigenvalue weighted by atomic mass is 35.5. The normalized spacial score (nSPS) is 12.5. The lowest BCUT2D eigenvalue weighted by molar-refractivity contribution is 0.0000606. The first-order chi connectivity index (χ1) is 8.72. The molecule has 1 nitrogen and oxygen atoms in total. The van der Waals surface area contributed by atoms with Crippen LogP contribution in [0.25, 0.3) is 0 Å². The van der Waals surface area contributed by atoms with Crippen LogP contribution in [0.2, 0.25) is 5.02 Å². The Balaban J connectivity index is 2.93. The highest BCUT2D eigenvalue weighted by molar-refractivity contribution is 6.30. The van der Waals surface area contributed by atoms with E-state index in [0.29, 0.717) is 41.7 Å². The second-order valence-corrected chi connectivity index (χ2v) is 6.77. The van der Waals surface area contributed by atoms with Gasteiger partial charge in [-0.2, -0.15) is 0 Å². The Morgan fingerprint density at radius 1 is 1.16 bits per heavy atom. The maximum absolute atomic E-state index is 13.9. The Morgan fingerprint density at radius 3 is 2.11 bits per heavy atom. The molecule has 0 amide bonds. The molecule has 0 atom stereocenters. The zero-order chi connectivity index (χ0) is 14.6. The Morgan fingerprint density at radius 2 is 1.68 bits per heavy atom. The van der Waals surface area contributed by atoms with E-state index in [2.05, 4.69) is 27.7 Å². The van der Waals surface area contributed by atoms with Crippen molar-refractivity contribution < 1.29 is 9.50 Å². The molecule has 0 saturated heterocycles. The minimum atomic E-state index is -0.850. The first-order valence-electron chi connectivity index (χ1n) is 6.88. The zero-order valence-corrected chi connectivity index (χ0v) is 13.0. The summed E-state index contributed by atoms with van der Waals surface area (Å²) < 4.78 is 13.9. The average Bonchev–Trinajstić information content (AvgIpc) is 2.19. The van der Waals surface area contributed by atoms with Gasteiger partial charge in [0.05, 0.1) is 5.60 Å². The van der Waals surface area contributed by atoms with Gasteiger partial charge < -0.3 is 5.11 Å². The van der Waals surface area contributed by atoms with Crippen molar-refractivity contribution in [2.75, 3.05) is 0 Å². The minimum absolute atomic E-state index is 0.335. The van der Waals surface area contributed by atoms with Crippen LogP contribution in [0.1, 0.15) is 46.1 Å². The van der Waals surface area contributed by atoms with Crippen molar-refractivity contribution in [2.45, 2.75) is 52.6 Å². The number of aliphatic hydroxyl groups is 1. The standard InChI is InChI=1S/C16H24ClFO/c1-11(2)8-16(19,9-12(3)4)10-13-5-6-14(17)7-15(13)18/h5-7,11-12,19H,8-10H2,1-4H3. The molecule has 0 radical (unpaired) electrons. The molecule has 1 N–H and O–H groups in total. The maximum Gasteiger partial charge on any atom is 0.127 e. The summed E-state index contributed by atoms with van der Waals surface area (Å²) in [5.41, 5.74) is -0.315. The van der Waals surface area contributed by atoms with Gasteiger partial charge in [0.15, 0.2) is 0 Å². The van der Waals surface area contributed by atoms with Gasteiger partial charge in [-0.3, -0.25) is 0 Å². The topological polar surface area (TPSA) is 20.2 Å². The number of hydrogen-bond donors (Lipinski definition) is 1. The van der Waals surface area contributed by atoms with Gasteiger partial charge in [-0.05, 0) is 42.4 Å². The number of rotatable bonds is 6. The molecule has 0 unspecified atom stereocenters. The van der Waals surface area contributed by atoms with E-state index in [4.69, 9.17) is 11.6 Å². The molecule has 0 heterocycles. The summed E-state index contributed by atoms with van der Waals surface area (Å²) in [6.07, 6.45) is 1.69. The Hall–Kier alpha value is -0.600. The summed E-state index contributed by atoms with van der Waals surface area (Å²) in [5.74, 6) is 0.414. The third-order valence-electron chi connectivity index (χ3n) is 3.11. The fourth-order valence-corrected chi connectivity index (χ4v) is 2.93. The molecule has 0 aromatic heterocycles. The predicted molar refractivity (Wildman–Crippen MR) is 79.0 cm³/mol. The molecule has 1 rings (SSSR count). The van der Waals surface area contributed by atoms with Crippen molar-refractivity contribution in [2.24, 2.45) is 11.8 Å². The second-order valence-electron chi connectivity index (χ2n) is 6.33. The molecule has 0 saturated carbocycles. The highest BCUT2D eigenvalue weighted by Gasteiger charge is 2.30. The predicted octanol–water partition coefficient (Wildman–Crippen LogP) is 4.84. The molecule has 1 aromatic rings. The SMILES string of the molecule is CC(C)CC(O)(Cc1ccc(Cl)cc1F)CC(C)C. The van der Waals surface area contributed by atoms with E-state index >= 15 is 0 Å². The number of hydrogen-bond acceptors (Lipinski definition) is 1. The van der Waals surface area contributed by atoms with Crippen molar-refractivity contribution in [3.8, 4) is 0 Å². The van der Waals surface area contributed by atoms with Crippen molar-refractivity contribution in [3.05, 3.63) is 34.6 Å². The van der Waals surface area contributed by atoms with Gasteiger partial charge in [0.25, 0.3) is 0 Å². The zero-order valence-electron chi connectivity index (χ0n) is 12.2. The van der Waals surface area contributed by atoms with E-state index in [1.165, 1.54) is 6.07 Å². The molecule has 0 aliphatic heterocycles. The highest BCUT2D eigenvalue weighted by Crippen LogP contribution is 2.30. The molecule has 0 bridgehead atoms. The van der Waals surface area contributed by atoms with E-state index in [1.807, 2.05) is 0 Å². The third-order valence-corrected chi connectivity index (χ3v) is 3.35. The van der Waals surface area contributed by atoms with Gasteiger partial charge in [0, 0.05) is 11.4 Å². The molecular weight excluding hydrogens is 263 g/mol. The van der Waals surface area contributed by atoms with Gasteiger partial charge in [0.2, 0.25) is 0 Å². The van der Waals surface area contributed by atoms with Crippen LogP contribution in [0, 0.1) is 17.7 Å².